The van der Waals surface area contributed by atoms with Crippen molar-refractivity contribution in [1.29, 1.82) is 0 Å². The number of halogens is 2. The number of rotatable bonds is 2. The fourth-order valence-corrected chi connectivity index (χ4v) is 2.14. The van der Waals surface area contributed by atoms with Gasteiger partial charge in [-0.2, -0.15) is 0 Å². The van der Waals surface area contributed by atoms with Crippen molar-refractivity contribution >= 4 is 11.6 Å². The van der Waals surface area contributed by atoms with Gasteiger partial charge in [0.1, 0.15) is 11.9 Å². The molecular weight excluding hydrogens is 251 g/mol. The van der Waals surface area contributed by atoms with Gasteiger partial charge in [0.15, 0.2) is 0 Å². The monoisotopic (exact) mass is 264 g/mol. The van der Waals surface area contributed by atoms with Gasteiger partial charge in [0.2, 0.25) is 0 Å². The normalized spacial score (nSPS) is 12.5. The van der Waals surface area contributed by atoms with Crippen molar-refractivity contribution in [1.82, 2.24) is 0 Å². The zero-order valence-electron chi connectivity index (χ0n) is 10.2. The minimum absolute atomic E-state index is 0.278. The SMILES string of the molecule is Cc1ccc(F)c(C(O)c2cccc(Cl)c2C)c1. The topological polar surface area (TPSA) is 20.2 Å². The highest BCUT2D eigenvalue weighted by atomic mass is 35.5. The lowest BCUT2D eigenvalue weighted by atomic mass is 9.96. The van der Waals surface area contributed by atoms with Crippen molar-refractivity contribution in [3.8, 4) is 0 Å². The van der Waals surface area contributed by atoms with E-state index in [0.717, 1.165) is 11.1 Å². The van der Waals surface area contributed by atoms with E-state index in [1.165, 1.54) is 6.07 Å². The molecule has 1 atom stereocenters. The highest BCUT2D eigenvalue weighted by Crippen LogP contribution is 2.30. The van der Waals surface area contributed by atoms with Crippen molar-refractivity contribution in [2.75, 3.05) is 0 Å². The van der Waals surface area contributed by atoms with Crippen LogP contribution in [0.3, 0.4) is 0 Å². The summed E-state index contributed by atoms with van der Waals surface area (Å²) in [6.07, 6.45) is -0.997. The van der Waals surface area contributed by atoms with E-state index in [2.05, 4.69) is 0 Å². The zero-order chi connectivity index (χ0) is 13.3. The Bertz CT molecular complexity index is 579. The second-order valence-electron chi connectivity index (χ2n) is 4.38. The van der Waals surface area contributed by atoms with E-state index < -0.39 is 11.9 Å². The summed E-state index contributed by atoms with van der Waals surface area (Å²) in [6, 6.07) is 9.96. The molecule has 0 radical (unpaired) electrons. The van der Waals surface area contributed by atoms with E-state index in [1.54, 1.807) is 30.3 Å². The first-order chi connectivity index (χ1) is 8.50. The lowest BCUT2D eigenvalue weighted by Gasteiger charge is -2.16. The van der Waals surface area contributed by atoms with Crippen LogP contribution in [0.2, 0.25) is 5.02 Å². The standard InChI is InChI=1S/C15H14ClFO/c1-9-6-7-14(17)12(8-9)15(18)11-4-3-5-13(16)10(11)2/h3-8,15,18H,1-2H3. The van der Waals surface area contributed by atoms with E-state index >= 15 is 0 Å². The minimum Gasteiger partial charge on any atom is -0.384 e. The Morgan fingerprint density at radius 3 is 2.56 bits per heavy atom. The molecule has 3 heteroatoms. The Hall–Kier alpha value is -1.38. The Morgan fingerprint density at radius 2 is 1.83 bits per heavy atom. The maximum Gasteiger partial charge on any atom is 0.129 e. The molecule has 0 spiro atoms. The molecule has 1 N–H and O–H groups in total. The van der Waals surface area contributed by atoms with E-state index in [4.69, 9.17) is 11.6 Å². The van der Waals surface area contributed by atoms with E-state index in [1.807, 2.05) is 13.8 Å². The number of benzene rings is 2. The van der Waals surface area contributed by atoms with Crippen LogP contribution < -0.4 is 0 Å². The smallest absolute Gasteiger partial charge is 0.129 e. The van der Waals surface area contributed by atoms with Crippen LogP contribution in [0.5, 0.6) is 0 Å². The average Bonchev–Trinajstić information content (AvgIpc) is 2.35. The Balaban J connectivity index is 2.51. The van der Waals surface area contributed by atoms with Crippen LogP contribution in [0.4, 0.5) is 4.39 Å². The van der Waals surface area contributed by atoms with Crippen molar-refractivity contribution in [3.05, 3.63) is 69.5 Å². The number of aliphatic hydroxyl groups excluding tert-OH is 1. The molecule has 0 heterocycles. The Morgan fingerprint density at radius 1 is 1.11 bits per heavy atom. The Kier molecular flexibility index (Phi) is 3.69. The largest absolute Gasteiger partial charge is 0.384 e. The molecule has 1 nitrogen and oxygen atoms in total. The average molecular weight is 265 g/mol. The highest BCUT2D eigenvalue weighted by Gasteiger charge is 2.17. The van der Waals surface area contributed by atoms with Gasteiger partial charge in [-0.15, -0.1) is 0 Å². The van der Waals surface area contributed by atoms with E-state index in [0.29, 0.717) is 10.6 Å². The summed E-state index contributed by atoms with van der Waals surface area (Å²) in [5.74, 6) is -0.410. The summed E-state index contributed by atoms with van der Waals surface area (Å²) < 4.78 is 13.7. The third-order valence-corrected chi connectivity index (χ3v) is 3.46. The zero-order valence-corrected chi connectivity index (χ0v) is 11.0. The third-order valence-electron chi connectivity index (χ3n) is 3.05. The molecule has 2 aromatic rings. The van der Waals surface area contributed by atoms with Gasteiger partial charge >= 0.3 is 0 Å². The van der Waals surface area contributed by atoms with Crippen molar-refractivity contribution in [2.45, 2.75) is 20.0 Å². The summed E-state index contributed by atoms with van der Waals surface area (Å²) in [6.45, 7) is 3.68. The molecule has 0 aliphatic rings. The van der Waals surface area contributed by atoms with Crippen molar-refractivity contribution in [3.63, 3.8) is 0 Å². The molecule has 0 aliphatic heterocycles. The molecule has 1 unspecified atom stereocenters. The quantitative estimate of drug-likeness (QED) is 0.863. The molecule has 0 aromatic heterocycles. The molecule has 2 rings (SSSR count). The van der Waals surface area contributed by atoms with Gasteiger partial charge in [0.05, 0.1) is 0 Å². The number of aryl methyl sites for hydroxylation is 1. The summed E-state index contributed by atoms with van der Waals surface area (Å²) in [5.41, 5.74) is 2.59. The molecule has 0 amide bonds. The predicted octanol–water partition coefficient (Wildman–Crippen LogP) is 4.18. The fraction of sp³-hybridized carbons (Fsp3) is 0.200. The molecule has 0 saturated carbocycles. The van der Waals surface area contributed by atoms with Crippen LogP contribution in [0.1, 0.15) is 28.4 Å². The lowest BCUT2D eigenvalue weighted by molar-refractivity contribution is 0.214. The van der Waals surface area contributed by atoms with Crippen LogP contribution in [-0.4, -0.2) is 5.11 Å². The van der Waals surface area contributed by atoms with Gasteiger partial charge in [0.25, 0.3) is 0 Å². The van der Waals surface area contributed by atoms with Gasteiger partial charge in [0, 0.05) is 10.6 Å². The van der Waals surface area contributed by atoms with Crippen LogP contribution >= 0.6 is 11.6 Å². The maximum absolute atomic E-state index is 13.7. The highest BCUT2D eigenvalue weighted by molar-refractivity contribution is 6.31. The van der Waals surface area contributed by atoms with E-state index in [-0.39, 0.29) is 5.56 Å². The van der Waals surface area contributed by atoms with Crippen LogP contribution in [0.25, 0.3) is 0 Å². The molecule has 0 aliphatic carbocycles. The van der Waals surface area contributed by atoms with Crippen LogP contribution in [0, 0.1) is 19.7 Å². The van der Waals surface area contributed by atoms with Gasteiger partial charge in [-0.05, 0) is 37.1 Å². The van der Waals surface area contributed by atoms with Gasteiger partial charge in [-0.3, -0.25) is 0 Å². The number of aliphatic hydroxyl groups is 1. The van der Waals surface area contributed by atoms with Crippen molar-refractivity contribution < 1.29 is 9.50 Å². The summed E-state index contributed by atoms with van der Waals surface area (Å²) >= 11 is 6.01. The molecule has 2 aromatic carbocycles. The van der Waals surface area contributed by atoms with Gasteiger partial charge in [-0.1, -0.05) is 41.4 Å². The summed E-state index contributed by atoms with van der Waals surface area (Å²) in [5, 5.41) is 10.9. The molecule has 0 bridgehead atoms. The molecule has 18 heavy (non-hydrogen) atoms. The molecule has 0 fully saturated rings. The number of hydrogen-bond acceptors (Lipinski definition) is 1. The molecular formula is C15H14ClFO. The van der Waals surface area contributed by atoms with Gasteiger partial charge < -0.3 is 5.11 Å². The lowest BCUT2D eigenvalue weighted by Crippen LogP contribution is -2.05. The fourth-order valence-electron chi connectivity index (χ4n) is 1.96. The van der Waals surface area contributed by atoms with Gasteiger partial charge in [-0.25, -0.2) is 4.39 Å². The second-order valence-corrected chi connectivity index (χ2v) is 4.79. The molecule has 94 valence electrons. The van der Waals surface area contributed by atoms with E-state index in [9.17, 15) is 9.50 Å². The third kappa shape index (κ3) is 2.40. The summed E-state index contributed by atoms with van der Waals surface area (Å²) in [4.78, 5) is 0. The van der Waals surface area contributed by atoms with Crippen LogP contribution in [-0.2, 0) is 0 Å². The first-order valence-electron chi connectivity index (χ1n) is 5.70. The first kappa shape index (κ1) is 13.1. The minimum atomic E-state index is -0.997. The predicted molar refractivity (Wildman–Crippen MR) is 71.4 cm³/mol. The first-order valence-corrected chi connectivity index (χ1v) is 6.07. The molecule has 0 saturated heterocycles. The summed E-state index contributed by atoms with van der Waals surface area (Å²) in [7, 11) is 0. The number of hydrogen-bond donors (Lipinski definition) is 1. The second kappa shape index (κ2) is 5.09. The van der Waals surface area contributed by atoms with Crippen molar-refractivity contribution in [2.24, 2.45) is 0 Å². The Labute approximate surface area is 111 Å². The van der Waals surface area contributed by atoms with Crippen LogP contribution in [0.15, 0.2) is 36.4 Å². The maximum atomic E-state index is 13.7.